The lowest BCUT2D eigenvalue weighted by Crippen LogP contribution is -2.01. The number of rotatable bonds is 5. The van der Waals surface area contributed by atoms with Crippen LogP contribution in [0.4, 0.5) is 11.4 Å². The summed E-state index contributed by atoms with van der Waals surface area (Å²) in [6.07, 6.45) is 3.07. The van der Waals surface area contributed by atoms with Gasteiger partial charge in [-0.15, -0.1) is 0 Å². The van der Waals surface area contributed by atoms with Crippen LogP contribution in [-0.2, 0) is 14.2 Å². The van der Waals surface area contributed by atoms with E-state index in [1.54, 1.807) is 42.5 Å². The Morgan fingerprint density at radius 3 is 1.96 bits per heavy atom. The topological polar surface area (TPSA) is 75.9 Å². The van der Waals surface area contributed by atoms with E-state index in [1.165, 1.54) is 6.08 Å². The zero-order valence-electron chi connectivity index (χ0n) is 13.4. The molecule has 0 fully saturated rings. The fourth-order valence-corrected chi connectivity index (χ4v) is 3.21. The maximum absolute atomic E-state index is 11.7. The van der Waals surface area contributed by atoms with Crippen molar-refractivity contribution in [3.63, 3.8) is 0 Å². The third-order valence-corrected chi connectivity index (χ3v) is 4.39. The van der Waals surface area contributed by atoms with Gasteiger partial charge in [0.25, 0.3) is 0 Å². The number of isocyanates is 2. The highest BCUT2D eigenvalue weighted by Crippen LogP contribution is 2.39. The van der Waals surface area contributed by atoms with Crippen LogP contribution in [0.2, 0.25) is 0 Å². The van der Waals surface area contributed by atoms with Gasteiger partial charge < -0.3 is 0 Å². The highest BCUT2D eigenvalue weighted by Gasteiger charge is 2.17. The van der Waals surface area contributed by atoms with Gasteiger partial charge in [-0.05, 0) is 35.4 Å². The second-order valence-corrected chi connectivity index (χ2v) is 5.93. The molecule has 0 aliphatic carbocycles. The van der Waals surface area contributed by atoms with Gasteiger partial charge in [0.15, 0.2) is 8.46 Å². The zero-order valence-corrected chi connectivity index (χ0v) is 14.3. The number of aliphatic imine (C=N–C) groups is 2. The molecular formula is C20H11N2O3P. The largest absolute Gasteiger partial charge is 0.269 e. The standard InChI is InChI=1S/C20H11N2O3P/c23-12-21-16-8-6-15(7-9-16)20-18(26-25)11-10-17(22-13-24)19(20)14-4-2-1-3-5-14/h1-11H. The molecular weight excluding hydrogens is 347 g/mol. The molecule has 0 N–H and O–H groups in total. The second-order valence-electron chi connectivity index (χ2n) is 5.26. The Hall–Kier alpha value is -3.48. The molecule has 0 aliphatic rings. The van der Waals surface area contributed by atoms with Crippen molar-refractivity contribution >= 4 is 37.3 Å². The van der Waals surface area contributed by atoms with E-state index in [9.17, 15) is 14.2 Å². The molecule has 0 heterocycles. The van der Waals surface area contributed by atoms with Gasteiger partial charge in [0.05, 0.1) is 16.7 Å². The summed E-state index contributed by atoms with van der Waals surface area (Å²) in [6, 6.07) is 19.6. The van der Waals surface area contributed by atoms with Crippen molar-refractivity contribution in [2.24, 2.45) is 9.98 Å². The Kier molecular flexibility index (Phi) is 5.38. The molecule has 0 amide bonds. The molecule has 0 saturated heterocycles. The SMILES string of the molecule is O=C=Nc1ccc(-c2c(P=O)ccc(N=C=O)c2-c2ccccc2)cc1. The van der Waals surface area contributed by atoms with Crippen LogP contribution < -0.4 is 5.30 Å². The highest BCUT2D eigenvalue weighted by atomic mass is 31.1. The minimum atomic E-state index is -0.160. The van der Waals surface area contributed by atoms with Crippen molar-refractivity contribution in [1.29, 1.82) is 0 Å². The molecule has 3 rings (SSSR count). The maximum atomic E-state index is 11.7. The summed E-state index contributed by atoms with van der Waals surface area (Å²) in [5, 5.41) is 0.556. The van der Waals surface area contributed by atoms with Crippen LogP contribution in [0.5, 0.6) is 0 Å². The van der Waals surface area contributed by atoms with Gasteiger partial charge in [-0.1, -0.05) is 42.5 Å². The maximum Gasteiger partial charge on any atom is 0.240 e. The summed E-state index contributed by atoms with van der Waals surface area (Å²) < 4.78 is 11.7. The highest BCUT2D eigenvalue weighted by molar-refractivity contribution is 7.34. The summed E-state index contributed by atoms with van der Waals surface area (Å²) in [7, 11) is -0.160. The van der Waals surface area contributed by atoms with Crippen LogP contribution in [0.25, 0.3) is 22.3 Å². The van der Waals surface area contributed by atoms with Crippen molar-refractivity contribution < 1.29 is 14.2 Å². The lowest BCUT2D eigenvalue weighted by molar-refractivity contribution is 0.564. The minimum absolute atomic E-state index is 0.160. The molecule has 0 atom stereocenters. The smallest absolute Gasteiger partial charge is 0.240 e. The molecule has 26 heavy (non-hydrogen) atoms. The number of hydrogen-bond donors (Lipinski definition) is 0. The average Bonchev–Trinajstić information content (AvgIpc) is 2.69. The molecule has 0 spiro atoms. The first-order chi connectivity index (χ1) is 12.8. The van der Waals surface area contributed by atoms with Crippen LogP contribution in [0.3, 0.4) is 0 Å². The Morgan fingerprint density at radius 2 is 1.35 bits per heavy atom. The van der Waals surface area contributed by atoms with Crippen LogP contribution in [0.1, 0.15) is 0 Å². The normalized spacial score (nSPS) is 10.0. The quantitative estimate of drug-likeness (QED) is 0.371. The Balaban J connectivity index is 2.34. The molecule has 0 unspecified atom stereocenters. The fraction of sp³-hybridized carbons (Fsp3) is 0. The van der Waals surface area contributed by atoms with E-state index in [0.29, 0.717) is 27.8 Å². The average molecular weight is 358 g/mol. The van der Waals surface area contributed by atoms with Gasteiger partial charge in [0.1, 0.15) is 0 Å². The van der Waals surface area contributed by atoms with E-state index in [2.05, 4.69) is 9.98 Å². The van der Waals surface area contributed by atoms with Crippen molar-refractivity contribution in [3.05, 3.63) is 66.7 Å². The Labute approximate surface area is 151 Å². The third kappa shape index (κ3) is 3.46. The van der Waals surface area contributed by atoms with Gasteiger partial charge in [0.2, 0.25) is 12.2 Å². The Morgan fingerprint density at radius 1 is 0.692 bits per heavy atom. The van der Waals surface area contributed by atoms with E-state index in [1.807, 2.05) is 30.3 Å². The molecule has 0 bridgehead atoms. The van der Waals surface area contributed by atoms with Crippen LogP contribution >= 0.6 is 8.46 Å². The predicted molar refractivity (Wildman–Crippen MR) is 100 cm³/mol. The lowest BCUT2D eigenvalue weighted by Gasteiger charge is -2.14. The summed E-state index contributed by atoms with van der Waals surface area (Å²) >= 11 is 0. The van der Waals surface area contributed by atoms with E-state index in [-0.39, 0.29) is 8.46 Å². The minimum Gasteiger partial charge on any atom is -0.269 e. The summed E-state index contributed by atoms with van der Waals surface area (Å²) in [5.41, 5.74) is 3.86. The summed E-state index contributed by atoms with van der Waals surface area (Å²) in [5.74, 6) is 0. The number of nitrogens with zero attached hydrogens (tertiary/aromatic N) is 2. The van der Waals surface area contributed by atoms with Crippen LogP contribution in [-0.4, -0.2) is 12.2 Å². The first-order valence-electron chi connectivity index (χ1n) is 7.60. The number of carbonyl (C=O) groups excluding carboxylic acids is 2. The summed E-state index contributed by atoms with van der Waals surface area (Å²) in [6.45, 7) is 0. The molecule has 3 aromatic carbocycles. The van der Waals surface area contributed by atoms with Crippen molar-refractivity contribution in [1.82, 2.24) is 0 Å². The second kappa shape index (κ2) is 8.06. The predicted octanol–water partition coefficient (Wildman–Crippen LogP) is 4.87. The molecule has 0 aliphatic heterocycles. The van der Waals surface area contributed by atoms with Gasteiger partial charge in [-0.25, -0.2) is 9.59 Å². The number of benzene rings is 3. The fourth-order valence-electron chi connectivity index (χ4n) is 2.74. The van der Waals surface area contributed by atoms with Gasteiger partial charge >= 0.3 is 0 Å². The Bertz CT molecular complexity index is 1050. The molecule has 0 radical (unpaired) electrons. The molecule has 3 aromatic rings. The number of hydrogen-bond acceptors (Lipinski definition) is 5. The van der Waals surface area contributed by atoms with E-state index in [0.717, 1.165) is 11.1 Å². The third-order valence-electron chi connectivity index (χ3n) is 3.82. The van der Waals surface area contributed by atoms with Crippen molar-refractivity contribution in [2.45, 2.75) is 0 Å². The van der Waals surface area contributed by atoms with Crippen LogP contribution in [0, 0.1) is 0 Å². The molecule has 124 valence electrons. The molecule has 0 aromatic heterocycles. The van der Waals surface area contributed by atoms with Crippen molar-refractivity contribution in [3.8, 4) is 22.3 Å². The molecule has 5 nitrogen and oxygen atoms in total. The molecule has 0 saturated carbocycles. The van der Waals surface area contributed by atoms with E-state index < -0.39 is 0 Å². The first-order valence-corrected chi connectivity index (χ1v) is 8.41. The van der Waals surface area contributed by atoms with Gasteiger partial charge in [0, 0.05) is 11.1 Å². The van der Waals surface area contributed by atoms with E-state index >= 15 is 0 Å². The van der Waals surface area contributed by atoms with Gasteiger partial charge in [-0.2, -0.15) is 9.98 Å². The lowest BCUT2D eigenvalue weighted by atomic mass is 9.93. The monoisotopic (exact) mass is 358 g/mol. The summed E-state index contributed by atoms with van der Waals surface area (Å²) in [4.78, 5) is 28.7. The van der Waals surface area contributed by atoms with Gasteiger partial charge in [-0.3, -0.25) is 4.57 Å². The molecule has 6 heteroatoms. The zero-order chi connectivity index (χ0) is 18.4. The first kappa shape index (κ1) is 17.3. The van der Waals surface area contributed by atoms with E-state index in [4.69, 9.17) is 0 Å². The van der Waals surface area contributed by atoms with Crippen molar-refractivity contribution in [2.75, 3.05) is 0 Å². The van der Waals surface area contributed by atoms with Crippen LogP contribution in [0.15, 0.2) is 76.7 Å².